The summed E-state index contributed by atoms with van der Waals surface area (Å²) in [6.07, 6.45) is 8.95. The average molecular weight is 258 g/mol. The maximum absolute atomic E-state index is 10.9. The molecule has 1 N–H and O–H groups in total. The molecule has 0 aliphatic carbocycles. The lowest BCUT2D eigenvalue weighted by Crippen LogP contribution is -2.23. The molecule has 0 heterocycles. The van der Waals surface area contributed by atoms with Crippen molar-refractivity contribution in [3.8, 4) is 0 Å². The smallest absolute Gasteiger partial charge is 0.309 e. The SMILES string of the molecule is CCCCCCCOCCCCC(C)(C)C(=O)O. The zero-order valence-corrected chi connectivity index (χ0v) is 12.3. The van der Waals surface area contributed by atoms with Crippen LogP contribution in [-0.2, 0) is 9.53 Å². The summed E-state index contributed by atoms with van der Waals surface area (Å²) in [5.74, 6) is -0.709. The first-order valence-corrected chi connectivity index (χ1v) is 7.32. The number of carboxylic acid groups (broad SMARTS) is 1. The Balaban J connectivity index is 3.24. The van der Waals surface area contributed by atoms with Gasteiger partial charge in [-0.3, -0.25) is 4.79 Å². The van der Waals surface area contributed by atoms with E-state index in [2.05, 4.69) is 6.92 Å². The zero-order chi connectivity index (χ0) is 13.9. The number of carboxylic acids is 1. The molecule has 0 aliphatic rings. The molecule has 3 heteroatoms. The van der Waals surface area contributed by atoms with Gasteiger partial charge in [0, 0.05) is 13.2 Å². The lowest BCUT2D eigenvalue weighted by molar-refractivity contribution is -0.147. The second-order valence-electron chi connectivity index (χ2n) is 5.67. The van der Waals surface area contributed by atoms with E-state index in [9.17, 15) is 4.79 Å². The van der Waals surface area contributed by atoms with Crippen molar-refractivity contribution in [2.24, 2.45) is 5.41 Å². The standard InChI is InChI=1S/C15H30O3/c1-4-5-6-7-9-12-18-13-10-8-11-15(2,3)14(16)17/h4-13H2,1-3H3,(H,16,17). The second-order valence-corrected chi connectivity index (χ2v) is 5.67. The number of hydrogen-bond acceptors (Lipinski definition) is 2. The van der Waals surface area contributed by atoms with Crippen molar-refractivity contribution in [3.63, 3.8) is 0 Å². The molecule has 0 saturated carbocycles. The largest absolute Gasteiger partial charge is 0.481 e. The van der Waals surface area contributed by atoms with E-state index in [1.807, 2.05) is 0 Å². The van der Waals surface area contributed by atoms with Gasteiger partial charge < -0.3 is 9.84 Å². The molecule has 0 bridgehead atoms. The number of ether oxygens (including phenoxy) is 1. The monoisotopic (exact) mass is 258 g/mol. The molecule has 0 saturated heterocycles. The van der Waals surface area contributed by atoms with Gasteiger partial charge >= 0.3 is 5.97 Å². The summed E-state index contributed by atoms with van der Waals surface area (Å²) in [5.41, 5.74) is -0.597. The fourth-order valence-corrected chi connectivity index (χ4v) is 1.79. The molecule has 0 radical (unpaired) electrons. The van der Waals surface area contributed by atoms with Gasteiger partial charge in [-0.1, -0.05) is 39.0 Å². The van der Waals surface area contributed by atoms with Gasteiger partial charge in [-0.05, 0) is 33.1 Å². The van der Waals surface area contributed by atoms with Crippen LogP contribution in [0.2, 0.25) is 0 Å². The molecule has 108 valence electrons. The number of aliphatic carboxylic acids is 1. The van der Waals surface area contributed by atoms with Crippen molar-refractivity contribution in [1.29, 1.82) is 0 Å². The van der Waals surface area contributed by atoms with Crippen LogP contribution in [0.15, 0.2) is 0 Å². The lowest BCUT2D eigenvalue weighted by atomic mass is 9.87. The predicted molar refractivity (Wildman–Crippen MR) is 74.8 cm³/mol. The first kappa shape index (κ1) is 17.4. The van der Waals surface area contributed by atoms with E-state index in [-0.39, 0.29) is 0 Å². The number of rotatable bonds is 12. The highest BCUT2D eigenvalue weighted by molar-refractivity contribution is 5.73. The molecular formula is C15H30O3. The molecule has 0 unspecified atom stereocenters. The molecular weight excluding hydrogens is 228 g/mol. The van der Waals surface area contributed by atoms with E-state index in [0.717, 1.165) is 38.9 Å². The molecule has 0 fully saturated rings. The van der Waals surface area contributed by atoms with Crippen LogP contribution in [-0.4, -0.2) is 24.3 Å². The normalized spacial score (nSPS) is 11.7. The third-order valence-electron chi connectivity index (χ3n) is 3.31. The van der Waals surface area contributed by atoms with Crippen LogP contribution in [0.4, 0.5) is 0 Å². The number of hydrogen-bond donors (Lipinski definition) is 1. The highest BCUT2D eigenvalue weighted by Crippen LogP contribution is 2.23. The van der Waals surface area contributed by atoms with Gasteiger partial charge in [0.05, 0.1) is 5.41 Å². The first-order chi connectivity index (χ1) is 8.50. The van der Waals surface area contributed by atoms with Crippen LogP contribution in [0.3, 0.4) is 0 Å². The van der Waals surface area contributed by atoms with E-state index >= 15 is 0 Å². The molecule has 0 aliphatic heterocycles. The molecule has 0 atom stereocenters. The Morgan fingerprint density at radius 1 is 1.00 bits per heavy atom. The van der Waals surface area contributed by atoms with Crippen molar-refractivity contribution in [3.05, 3.63) is 0 Å². The van der Waals surface area contributed by atoms with Crippen LogP contribution in [0, 0.1) is 5.41 Å². The lowest BCUT2D eigenvalue weighted by Gasteiger charge is -2.18. The molecule has 0 aromatic heterocycles. The Bertz CT molecular complexity index is 212. The number of unbranched alkanes of at least 4 members (excludes halogenated alkanes) is 5. The molecule has 0 rings (SSSR count). The van der Waals surface area contributed by atoms with Crippen LogP contribution >= 0.6 is 0 Å². The minimum absolute atomic E-state index is 0.597. The quantitative estimate of drug-likeness (QED) is 0.532. The summed E-state index contributed by atoms with van der Waals surface area (Å²) in [6.45, 7) is 7.40. The van der Waals surface area contributed by atoms with E-state index in [1.54, 1.807) is 13.8 Å². The third-order valence-corrected chi connectivity index (χ3v) is 3.31. The Hall–Kier alpha value is -0.570. The fraction of sp³-hybridized carbons (Fsp3) is 0.933. The molecule has 0 aromatic carbocycles. The van der Waals surface area contributed by atoms with Crippen LogP contribution in [0.1, 0.15) is 72.1 Å². The van der Waals surface area contributed by atoms with Crippen molar-refractivity contribution in [2.75, 3.05) is 13.2 Å². The average Bonchev–Trinajstić information content (AvgIpc) is 2.31. The third kappa shape index (κ3) is 9.46. The summed E-state index contributed by atoms with van der Waals surface area (Å²) in [4.78, 5) is 10.9. The van der Waals surface area contributed by atoms with Crippen LogP contribution < -0.4 is 0 Å². The van der Waals surface area contributed by atoms with Crippen LogP contribution in [0.25, 0.3) is 0 Å². The van der Waals surface area contributed by atoms with E-state index in [4.69, 9.17) is 9.84 Å². The van der Waals surface area contributed by atoms with Gasteiger partial charge in [0.25, 0.3) is 0 Å². The van der Waals surface area contributed by atoms with E-state index in [1.165, 1.54) is 25.7 Å². The van der Waals surface area contributed by atoms with Crippen molar-refractivity contribution >= 4 is 5.97 Å². The Labute approximate surface area is 112 Å². The van der Waals surface area contributed by atoms with Gasteiger partial charge in [-0.2, -0.15) is 0 Å². The molecule has 3 nitrogen and oxygen atoms in total. The van der Waals surface area contributed by atoms with Crippen LogP contribution in [0.5, 0.6) is 0 Å². The minimum atomic E-state index is -0.709. The van der Waals surface area contributed by atoms with Gasteiger partial charge in [0.2, 0.25) is 0 Å². The fourth-order valence-electron chi connectivity index (χ4n) is 1.79. The first-order valence-electron chi connectivity index (χ1n) is 7.32. The Morgan fingerprint density at radius 3 is 2.11 bits per heavy atom. The van der Waals surface area contributed by atoms with E-state index in [0.29, 0.717) is 0 Å². The predicted octanol–water partition coefficient (Wildman–Crippen LogP) is 4.25. The molecule has 0 amide bonds. The van der Waals surface area contributed by atoms with Crippen molar-refractivity contribution in [2.45, 2.75) is 72.1 Å². The van der Waals surface area contributed by atoms with E-state index < -0.39 is 11.4 Å². The Kier molecular flexibility index (Phi) is 10.0. The Morgan fingerprint density at radius 2 is 1.56 bits per heavy atom. The zero-order valence-electron chi connectivity index (χ0n) is 12.3. The summed E-state index contributed by atoms with van der Waals surface area (Å²) in [7, 11) is 0. The maximum Gasteiger partial charge on any atom is 0.309 e. The highest BCUT2D eigenvalue weighted by Gasteiger charge is 2.25. The summed E-state index contributed by atoms with van der Waals surface area (Å²) in [5, 5.41) is 8.95. The molecule has 0 spiro atoms. The summed E-state index contributed by atoms with van der Waals surface area (Å²) >= 11 is 0. The van der Waals surface area contributed by atoms with Gasteiger partial charge in [-0.25, -0.2) is 0 Å². The van der Waals surface area contributed by atoms with Gasteiger partial charge in [0.1, 0.15) is 0 Å². The molecule has 0 aromatic rings. The molecule has 18 heavy (non-hydrogen) atoms. The number of carbonyl (C=O) groups is 1. The van der Waals surface area contributed by atoms with Gasteiger partial charge in [0.15, 0.2) is 0 Å². The summed E-state index contributed by atoms with van der Waals surface area (Å²) in [6, 6.07) is 0. The summed E-state index contributed by atoms with van der Waals surface area (Å²) < 4.78 is 5.54. The minimum Gasteiger partial charge on any atom is -0.481 e. The highest BCUT2D eigenvalue weighted by atomic mass is 16.5. The second kappa shape index (κ2) is 10.4. The topological polar surface area (TPSA) is 46.5 Å². The maximum atomic E-state index is 10.9. The van der Waals surface area contributed by atoms with Gasteiger partial charge in [-0.15, -0.1) is 0 Å². The van der Waals surface area contributed by atoms with Crippen molar-refractivity contribution < 1.29 is 14.6 Å². The van der Waals surface area contributed by atoms with Crippen molar-refractivity contribution in [1.82, 2.24) is 0 Å².